The van der Waals surface area contributed by atoms with Crippen molar-refractivity contribution in [2.24, 2.45) is 0 Å². The second-order valence-electron chi connectivity index (χ2n) is 4.80. The topological polar surface area (TPSA) is 69.7 Å². The first-order chi connectivity index (χ1) is 8.92. The van der Waals surface area contributed by atoms with Crippen molar-refractivity contribution < 1.29 is 13.2 Å². The SMILES string of the molecule is CCCNC(=O)[C@H](C)N1CCN(S(=O)(=O)CC)CC1. The zero-order chi connectivity index (χ0) is 14.5. The van der Waals surface area contributed by atoms with Gasteiger partial charge in [-0.25, -0.2) is 8.42 Å². The summed E-state index contributed by atoms with van der Waals surface area (Å²) in [6, 6.07) is -0.196. The molecule has 7 heteroatoms. The molecule has 0 aliphatic carbocycles. The zero-order valence-electron chi connectivity index (χ0n) is 12.1. The van der Waals surface area contributed by atoms with Crippen molar-refractivity contribution >= 4 is 15.9 Å². The van der Waals surface area contributed by atoms with Crippen LogP contribution in [0.2, 0.25) is 0 Å². The minimum Gasteiger partial charge on any atom is -0.355 e. The third-order valence-electron chi connectivity index (χ3n) is 3.51. The molecule has 1 aliphatic heterocycles. The minimum absolute atomic E-state index is 0.0219. The molecule has 1 heterocycles. The molecule has 1 rings (SSSR count). The molecule has 19 heavy (non-hydrogen) atoms. The van der Waals surface area contributed by atoms with Gasteiger partial charge in [0.1, 0.15) is 0 Å². The van der Waals surface area contributed by atoms with Crippen LogP contribution in [0.25, 0.3) is 0 Å². The molecule has 112 valence electrons. The summed E-state index contributed by atoms with van der Waals surface area (Å²) in [5.41, 5.74) is 0. The number of hydrogen-bond acceptors (Lipinski definition) is 4. The van der Waals surface area contributed by atoms with Crippen LogP contribution in [0.1, 0.15) is 27.2 Å². The summed E-state index contributed by atoms with van der Waals surface area (Å²) in [4.78, 5) is 13.9. The van der Waals surface area contributed by atoms with Crippen LogP contribution >= 0.6 is 0 Å². The van der Waals surface area contributed by atoms with E-state index in [2.05, 4.69) is 5.32 Å². The van der Waals surface area contributed by atoms with Gasteiger partial charge < -0.3 is 5.32 Å². The maximum Gasteiger partial charge on any atom is 0.237 e. The number of rotatable bonds is 6. The average molecular weight is 291 g/mol. The lowest BCUT2D eigenvalue weighted by Gasteiger charge is -2.36. The molecule has 1 N–H and O–H groups in total. The number of carbonyl (C=O) groups excluding carboxylic acids is 1. The van der Waals surface area contributed by atoms with Crippen LogP contribution in [0.5, 0.6) is 0 Å². The van der Waals surface area contributed by atoms with E-state index in [4.69, 9.17) is 0 Å². The van der Waals surface area contributed by atoms with Gasteiger partial charge in [0.2, 0.25) is 15.9 Å². The molecule has 0 radical (unpaired) electrons. The molecule has 1 atom stereocenters. The number of carbonyl (C=O) groups is 1. The van der Waals surface area contributed by atoms with E-state index < -0.39 is 10.0 Å². The highest BCUT2D eigenvalue weighted by molar-refractivity contribution is 7.89. The van der Waals surface area contributed by atoms with Gasteiger partial charge in [-0.3, -0.25) is 9.69 Å². The number of nitrogens with zero attached hydrogens (tertiary/aromatic N) is 2. The summed E-state index contributed by atoms with van der Waals surface area (Å²) < 4.78 is 25.0. The molecule has 0 aromatic carbocycles. The van der Waals surface area contributed by atoms with Crippen LogP contribution in [0.4, 0.5) is 0 Å². The fourth-order valence-corrected chi connectivity index (χ4v) is 3.20. The quantitative estimate of drug-likeness (QED) is 0.740. The number of hydrogen-bond donors (Lipinski definition) is 1. The molecule has 1 fully saturated rings. The predicted octanol–water partition coefficient (Wildman–Crippen LogP) is -0.132. The van der Waals surface area contributed by atoms with Crippen molar-refractivity contribution in [2.75, 3.05) is 38.5 Å². The molecule has 0 unspecified atom stereocenters. The zero-order valence-corrected chi connectivity index (χ0v) is 12.9. The molecule has 1 amide bonds. The number of amides is 1. The Kier molecular flexibility index (Phi) is 6.22. The fraction of sp³-hybridized carbons (Fsp3) is 0.917. The Bertz CT molecular complexity index is 389. The average Bonchev–Trinajstić information content (AvgIpc) is 2.44. The van der Waals surface area contributed by atoms with Gasteiger partial charge in [-0.1, -0.05) is 6.92 Å². The Balaban J connectivity index is 2.47. The van der Waals surface area contributed by atoms with E-state index in [0.29, 0.717) is 32.7 Å². The highest BCUT2D eigenvalue weighted by atomic mass is 32.2. The van der Waals surface area contributed by atoms with Crippen molar-refractivity contribution in [3.05, 3.63) is 0 Å². The van der Waals surface area contributed by atoms with Crippen molar-refractivity contribution in [3.63, 3.8) is 0 Å². The molecule has 1 saturated heterocycles. The normalized spacial score (nSPS) is 20.2. The van der Waals surface area contributed by atoms with Gasteiger partial charge in [-0.15, -0.1) is 0 Å². The van der Waals surface area contributed by atoms with Crippen molar-refractivity contribution in [1.29, 1.82) is 0 Å². The van der Waals surface area contributed by atoms with E-state index in [0.717, 1.165) is 6.42 Å². The van der Waals surface area contributed by atoms with E-state index in [1.807, 2.05) is 18.7 Å². The van der Waals surface area contributed by atoms with Gasteiger partial charge in [0, 0.05) is 32.7 Å². The van der Waals surface area contributed by atoms with Gasteiger partial charge in [0.25, 0.3) is 0 Å². The molecule has 0 aromatic heterocycles. The summed E-state index contributed by atoms with van der Waals surface area (Å²) in [5.74, 6) is 0.160. The Morgan fingerprint density at radius 3 is 2.26 bits per heavy atom. The Morgan fingerprint density at radius 2 is 1.79 bits per heavy atom. The van der Waals surface area contributed by atoms with Crippen LogP contribution < -0.4 is 5.32 Å². The van der Waals surface area contributed by atoms with Gasteiger partial charge in [0.15, 0.2) is 0 Å². The smallest absolute Gasteiger partial charge is 0.237 e. The van der Waals surface area contributed by atoms with E-state index in [-0.39, 0.29) is 17.7 Å². The van der Waals surface area contributed by atoms with Crippen LogP contribution in [-0.2, 0) is 14.8 Å². The lowest BCUT2D eigenvalue weighted by molar-refractivity contribution is -0.126. The van der Waals surface area contributed by atoms with E-state index in [1.54, 1.807) is 6.92 Å². The monoisotopic (exact) mass is 291 g/mol. The minimum atomic E-state index is -3.10. The summed E-state index contributed by atoms with van der Waals surface area (Å²) in [7, 11) is -3.10. The highest BCUT2D eigenvalue weighted by Gasteiger charge is 2.29. The molecular formula is C12H25N3O3S. The van der Waals surface area contributed by atoms with E-state index >= 15 is 0 Å². The maximum absolute atomic E-state index is 11.9. The Labute approximate surface area is 116 Å². The largest absolute Gasteiger partial charge is 0.355 e. The fourth-order valence-electron chi connectivity index (χ4n) is 2.11. The molecule has 1 aliphatic rings. The molecule has 0 aromatic rings. The third kappa shape index (κ3) is 4.43. The summed E-state index contributed by atoms with van der Waals surface area (Å²) in [6.45, 7) is 8.40. The predicted molar refractivity (Wildman–Crippen MR) is 75.4 cm³/mol. The number of sulfonamides is 1. The molecule has 0 saturated carbocycles. The molecule has 0 bridgehead atoms. The Morgan fingerprint density at radius 1 is 1.21 bits per heavy atom. The Hall–Kier alpha value is -0.660. The van der Waals surface area contributed by atoms with E-state index in [1.165, 1.54) is 4.31 Å². The standard InChI is InChI=1S/C12H25N3O3S/c1-4-6-13-12(16)11(3)14-7-9-15(10-8-14)19(17,18)5-2/h11H,4-10H2,1-3H3,(H,13,16)/t11-/m0/s1. The second-order valence-corrected chi connectivity index (χ2v) is 7.06. The first-order valence-corrected chi connectivity index (χ1v) is 8.52. The second kappa shape index (κ2) is 7.21. The maximum atomic E-state index is 11.9. The molecule has 6 nitrogen and oxygen atoms in total. The first-order valence-electron chi connectivity index (χ1n) is 6.92. The van der Waals surface area contributed by atoms with Crippen molar-refractivity contribution in [2.45, 2.75) is 33.2 Å². The summed E-state index contributed by atoms with van der Waals surface area (Å²) in [5, 5.41) is 2.87. The lowest BCUT2D eigenvalue weighted by atomic mass is 10.2. The third-order valence-corrected chi connectivity index (χ3v) is 5.39. The van der Waals surface area contributed by atoms with Crippen LogP contribution in [0.3, 0.4) is 0 Å². The van der Waals surface area contributed by atoms with Gasteiger partial charge in [-0.05, 0) is 20.3 Å². The first kappa shape index (κ1) is 16.4. The van der Waals surface area contributed by atoms with Crippen LogP contribution in [-0.4, -0.2) is 68.0 Å². The van der Waals surface area contributed by atoms with Gasteiger partial charge in [-0.2, -0.15) is 4.31 Å². The summed E-state index contributed by atoms with van der Waals surface area (Å²) >= 11 is 0. The van der Waals surface area contributed by atoms with Gasteiger partial charge in [0.05, 0.1) is 11.8 Å². The number of nitrogens with one attached hydrogen (secondary N) is 1. The van der Waals surface area contributed by atoms with Crippen molar-refractivity contribution in [3.8, 4) is 0 Å². The van der Waals surface area contributed by atoms with Crippen LogP contribution in [0.15, 0.2) is 0 Å². The van der Waals surface area contributed by atoms with Gasteiger partial charge >= 0.3 is 0 Å². The summed E-state index contributed by atoms with van der Waals surface area (Å²) in [6.07, 6.45) is 0.918. The molecular weight excluding hydrogens is 266 g/mol. The highest BCUT2D eigenvalue weighted by Crippen LogP contribution is 2.10. The number of piperazine rings is 1. The lowest BCUT2D eigenvalue weighted by Crippen LogP contribution is -2.55. The van der Waals surface area contributed by atoms with Crippen LogP contribution in [0, 0.1) is 0 Å². The van der Waals surface area contributed by atoms with Crippen molar-refractivity contribution in [1.82, 2.24) is 14.5 Å². The van der Waals surface area contributed by atoms with E-state index in [9.17, 15) is 13.2 Å². The molecule has 0 spiro atoms.